The van der Waals surface area contributed by atoms with E-state index in [9.17, 15) is 0 Å². The highest BCUT2D eigenvalue weighted by Crippen LogP contribution is 2.32. The maximum atomic E-state index is 4.22. The standard InChI is InChI=1S/C19H21N3S/c1-6-20-8-10-22(9-1)19(18-5-11-23-14-18)16-2-3-17-13-21-7-4-15(17)12-16/h2-5,7,11-14,19-20H,1,6,8-10H2. The first-order valence-electron chi connectivity index (χ1n) is 8.22. The molecule has 2 aromatic heterocycles. The quantitative estimate of drug-likeness (QED) is 0.797. The minimum Gasteiger partial charge on any atom is -0.315 e. The summed E-state index contributed by atoms with van der Waals surface area (Å²) >= 11 is 1.78. The SMILES string of the molecule is c1cc2cc(C(c3ccsc3)N3CCCNCC3)ccc2cn1. The molecule has 1 saturated heterocycles. The zero-order chi connectivity index (χ0) is 15.5. The van der Waals surface area contributed by atoms with Gasteiger partial charge in [0.15, 0.2) is 0 Å². The molecule has 1 atom stereocenters. The zero-order valence-corrected chi connectivity index (χ0v) is 13.9. The molecule has 4 rings (SSSR count). The number of nitrogens with one attached hydrogen (secondary N) is 1. The highest BCUT2D eigenvalue weighted by Gasteiger charge is 2.23. The van der Waals surface area contributed by atoms with Crippen molar-refractivity contribution in [1.29, 1.82) is 0 Å². The van der Waals surface area contributed by atoms with E-state index in [-0.39, 0.29) is 0 Å². The van der Waals surface area contributed by atoms with Crippen molar-refractivity contribution in [3.8, 4) is 0 Å². The zero-order valence-electron chi connectivity index (χ0n) is 13.1. The van der Waals surface area contributed by atoms with Gasteiger partial charge in [-0.3, -0.25) is 9.88 Å². The first-order chi connectivity index (χ1) is 11.4. The van der Waals surface area contributed by atoms with E-state index in [1.807, 2.05) is 12.4 Å². The monoisotopic (exact) mass is 323 g/mol. The molecule has 1 aliphatic rings. The fourth-order valence-corrected chi connectivity index (χ4v) is 4.12. The van der Waals surface area contributed by atoms with Crippen molar-refractivity contribution in [2.24, 2.45) is 0 Å². The Labute approximate surface area is 141 Å². The molecule has 3 heterocycles. The van der Waals surface area contributed by atoms with Crippen LogP contribution in [0, 0.1) is 0 Å². The van der Waals surface area contributed by atoms with Crippen LogP contribution in [-0.4, -0.2) is 36.1 Å². The van der Waals surface area contributed by atoms with Gasteiger partial charge in [0.25, 0.3) is 0 Å². The molecule has 0 radical (unpaired) electrons. The highest BCUT2D eigenvalue weighted by molar-refractivity contribution is 7.08. The van der Waals surface area contributed by atoms with Crippen molar-refractivity contribution in [2.45, 2.75) is 12.5 Å². The van der Waals surface area contributed by atoms with Gasteiger partial charge < -0.3 is 5.32 Å². The van der Waals surface area contributed by atoms with E-state index in [2.05, 4.69) is 56.3 Å². The normalized spacial score (nSPS) is 17.9. The van der Waals surface area contributed by atoms with Crippen LogP contribution in [-0.2, 0) is 0 Å². The van der Waals surface area contributed by atoms with Crippen LogP contribution in [0.1, 0.15) is 23.6 Å². The second-order valence-electron chi connectivity index (χ2n) is 6.08. The second kappa shape index (κ2) is 6.79. The Morgan fingerprint density at radius 3 is 2.96 bits per heavy atom. The molecule has 1 N–H and O–H groups in total. The van der Waals surface area contributed by atoms with Crippen LogP contribution in [0.4, 0.5) is 0 Å². The van der Waals surface area contributed by atoms with Gasteiger partial charge in [-0.1, -0.05) is 12.1 Å². The van der Waals surface area contributed by atoms with E-state index in [0.29, 0.717) is 6.04 Å². The summed E-state index contributed by atoms with van der Waals surface area (Å²) < 4.78 is 0. The second-order valence-corrected chi connectivity index (χ2v) is 6.86. The van der Waals surface area contributed by atoms with Gasteiger partial charge in [0.05, 0.1) is 6.04 Å². The molecule has 4 heteroatoms. The van der Waals surface area contributed by atoms with Crippen molar-refractivity contribution >= 4 is 22.1 Å². The lowest BCUT2D eigenvalue weighted by Gasteiger charge is -2.30. The summed E-state index contributed by atoms with van der Waals surface area (Å²) in [4.78, 5) is 6.84. The lowest BCUT2D eigenvalue weighted by atomic mass is 9.97. The molecule has 0 aliphatic carbocycles. The van der Waals surface area contributed by atoms with Gasteiger partial charge in [0.1, 0.15) is 0 Å². The molecular formula is C19H21N3S. The van der Waals surface area contributed by atoms with Crippen LogP contribution in [0.15, 0.2) is 53.5 Å². The first kappa shape index (κ1) is 14.8. The van der Waals surface area contributed by atoms with Crippen LogP contribution in [0.3, 0.4) is 0 Å². The minimum atomic E-state index is 0.346. The number of fused-ring (bicyclic) bond motifs is 1. The predicted molar refractivity (Wildman–Crippen MR) is 97.0 cm³/mol. The van der Waals surface area contributed by atoms with Crippen molar-refractivity contribution in [3.05, 3.63) is 64.6 Å². The number of thiophene rings is 1. The number of pyridine rings is 1. The van der Waals surface area contributed by atoms with Crippen molar-refractivity contribution in [2.75, 3.05) is 26.2 Å². The summed E-state index contributed by atoms with van der Waals surface area (Å²) in [5, 5.41) is 10.5. The molecular weight excluding hydrogens is 302 g/mol. The summed E-state index contributed by atoms with van der Waals surface area (Å²) in [6.45, 7) is 4.42. The maximum Gasteiger partial charge on any atom is 0.0610 e. The van der Waals surface area contributed by atoms with E-state index >= 15 is 0 Å². The molecule has 0 bridgehead atoms. The summed E-state index contributed by atoms with van der Waals surface area (Å²) in [6.07, 6.45) is 5.02. The highest BCUT2D eigenvalue weighted by atomic mass is 32.1. The minimum absolute atomic E-state index is 0.346. The molecule has 0 amide bonds. The number of rotatable bonds is 3. The summed E-state index contributed by atoms with van der Waals surface area (Å²) in [7, 11) is 0. The molecule has 3 aromatic rings. The average molecular weight is 323 g/mol. The van der Waals surface area contributed by atoms with Gasteiger partial charge in [0.2, 0.25) is 0 Å². The largest absolute Gasteiger partial charge is 0.315 e. The van der Waals surface area contributed by atoms with Gasteiger partial charge in [-0.15, -0.1) is 0 Å². The third-order valence-corrected chi connectivity index (χ3v) is 5.28. The predicted octanol–water partition coefficient (Wildman–Crippen LogP) is 3.68. The van der Waals surface area contributed by atoms with Gasteiger partial charge in [-0.25, -0.2) is 0 Å². The number of benzene rings is 1. The third kappa shape index (κ3) is 3.15. The smallest absolute Gasteiger partial charge is 0.0610 e. The molecule has 118 valence electrons. The molecule has 1 unspecified atom stereocenters. The van der Waals surface area contributed by atoms with Gasteiger partial charge in [0, 0.05) is 37.4 Å². The molecule has 1 aliphatic heterocycles. The number of aromatic nitrogens is 1. The van der Waals surface area contributed by atoms with Crippen molar-refractivity contribution < 1.29 is 0 Å². The third-order valence-electron chi connectivity index (χ3n) is 4.58. The molecule has 1 fully saturated rings. The number of hydrogen-bond acceptors (Lipinski definition) is 4. The fraction of sp³-hybridized carbons (Fsp3) is 0.316. The van der Waals surface area contributed by atoms with E-state index in [1.165, 1.54) is 28.3 Å². The molecule has 0 saturated carbocycles. The lowest BCUT2D eigenvalue weighted by Crippen LogP contribution is -2.32. The van der Waals surface area contributed by atoms with Crippen molar-refractivity contribution in [1.82, 2.24) is 15.2 Å². The van der Waals surface area contributed by atoms with E-state index in [0.717, 1.165) is 26.2 Å². The van der Waals surface area contributed by atoms with Crippen LogP contribution in [0.5, 0.6) is 0 Å². The molecule has 3 nitrogen and oxygen atoms in total. The van der Waals surface area contributed by atoms with Gasteiger partial charge >= 0.3 is 0 Å². The maximum absolute atomic E-state index is 4.22. The summed E-state index contributed by atoms with van der Waals surface area (Å²) in [6, 6.07) is 11.5. The summed E-state index contributed by atoms with van der Waals surface area (Å²) in [5.41, 5.74) is 2.79. The topological polar surface area (TPSA) is 28.2 Å². The van der Waals surface area contributed by atoms with E-state index in [1.54, 1.807) is 11.3 Å². The first-order valence-corrected chi connectivity index (χ1v) is 9.17. The van der Waals surface area contributed by atoms with Crippen LogP contribution in [0.25, 0.3) is 10.8 Å². The van der Waals surface area contributed by atoms with Crippen LogP contribution in [0.2, 0.25) is 0 Å². The van der Waals surface area contributed by atoms with E-state index < -0.39 is 0 Å². The summed E-state index contributed by atoms with van der Waals surface area (Å²) in [5.74, 6) is 0. The molecule has 23 heavy (non-hydrogen) atoms. The average Bonchev–Trinajstić information content (AvgIpc) is 2.98. The Morgan fingerprint density at radius 2 is 2.04 bits per heavy atom. The van der Waals surface area contributed by atoms with Crippen LogP contribution < -0.4 is 5.32 Å². The Hall–Kier alpha value is -1.75. The van der Waals surface area contributed by atoms with Crippen molar-refractivity contribution in [3.63, 3.8) is 0 Å². The molecule has 1 aromatic carbocycles. The number of hydrogen-bond donors (Lipinski definition) is 1. The number of nitrogens with zero attached hydrogens (tertiary/aromatic N) is 2. The van der Waals surface area contributed by atoms with Crippen LogP contribution >= 0.6 is 11.3 Å². The Balaban J connectivity index is 1.76. The Kier molecular flexibility index (Phi) is 4.37. The lowest BCUT2D eigenvalue weighted by molar-refractivity contribution is 0.241. The van der Waals surface area contributed by atoms with Gasteiger partial charge in [-0.2, -0.15) is 11.3 Å². The Morgan fingerprint density at radius 1 is 1.04 bits per heavy atom. The van der Waals surface area contributed by atoms with Gasteiger partial charge in [-0.05, 0) is 58.4 Å². The molecule has 0 spiro atoms. The Bertz CT molecular complexity index is 761. The van der Waals surface area contributed by atoms with E-state index in [4.69, 9.17) is 0 Å². The fourth-order valence-electron chi connectivity index (χ4n) is 3.44.